The summed E-state index contributed by atoms with van der Waals surface area (Å²) in [7, 11) is 1.69. The minimum atomic E-state index is -4.73. The van der Waals surface area contributed by atoms with Crippen LogP contribution < -0.4 is 15.2 Å². The van der Waals surface area contributed by atoms with Crippen LogP contribution in [0.1, 0.15) is 50.9 Å². The number of rotatable bonds is 6. The third kappa shape index (κ3) is 5.42. The molecule has 0 bridgehead atoms. The summed E-state index contributed by atoms with van der Waals surface area (Å²) in [6, 6.07) is 13.3. The van der Waals surface area contributed by atoms with Gasteiger partial charge in [0.2, 0.25) is 0 Å². The number of pyridine rings is 2. The maximum Gasteiger partial charge on any atom is 0.573 e. The Morgan fingerprint density at radius 1 is 1.16 bits per heavy atom. The summed E-state index contributed by atoms with van der Waals surface area (Å²) < 4.78 is 43.3. The molecule has 1 saturated heterocycles. The highest BCUT2D eigenvalue weighted by molar-refractivity contribution is 5.89. The topological polar surface area (TPSA) is 74.4 Å². The molecule has 1 fully saturated rings. The molecule has 1 aromatic carbocycles. The Balaban J connectivity index is 1.66. The minimum Gasteiger partial charge on any atom is -0.406 e. The van der Waals surface area contributed by atoms with Crippen molar-refractivity contribution in [3.8, 4) is 11.8 Å². The summed E-state index contributed by atoms with van der Waals surface area (Å²) in [5.41, 5.74) is 3.05. The third-order valence-electron chi connectivity index (χ3n) is 7.13. The number of aryl methyl sites for hydroxylation is 1. The lowest BCUT2D eigenvalue weighted by Crippen LogP contribution is -2.58. The summed E-state index contributed by atoms with van der Waals surface area (Å²) in [5.74, 6) is -0.238. The molecule has 0 spiro atoms. The van der Waals surface area contributed by atoms with Crippen molar-refractivity contribution >= 4 is 16.7 Å². The van der Waals surface area contributed by atoms with Crippen LogP contribution in [0.25, 0.3) is 11.0 Å². The zero-order valence-electron chi connectivity index (χ0n) is 21.3. The van der Waals surface area contributed by atoms with E-state index in [2.05, 4.69) is 46.4 Å². The van der Waals surface area contributed by atoms with E-state index in [4.69, 9.17) is 0 Å². The van der Waals surface area contributed by atoms with Crippen LogP contribution in [0.15, 0.2) is 47.3 Å². The van der Waals surface area contributed by atoms with E-state index in [0.29, 0.717) is 29.8 Å². The van der Waals surface area contributed by atoms with Crippen molar-refractivity contribution in [2.24, 2.45) is 7.05 Å². The van der Waals surface area contributed by atoms with Crippen LogP contribution in [0, 0.1) is 11.3 Å². The summed E-state index contributed by atoms with van der Waals surface area (Å²) in [6.45, 7) is 7.59. The van der Waals surface area contributed by atoms with Gasteiger partial charge in [-0.25, -0.2) is 4.98 Å². The number of alkyl halides is 3. The Morgan fingerprint density at radius 3 is 2.46 bits per heavy atom. The number of fused-ring (bicyclic) bond motifs is 1. The molecule has 0 radical (unpaired) electrons. The predicted octanol–water partition coefficient (Wildman–Crippen LogP) is 5.14. The highest BCUT2D eigenvalue weighted by atomic mass is 19.4. The van der Waals surface area contributed by atoms with Gasteiger partial charge in [-0.15, -0.1) is 13.2 Å². The molecule has 196 valence electrons. The molecule has 1 unspecified atom stereocenters. The fourth-order valence-corrected chi connectivity index (χ4v) is 5.29. The molecular weight excluding hydrogens is 483 g/mol. The van der Waals surface area contributed by atoms with Crippen LogP contribution >= 0.6 is 0 Å². The lowest BCUT2D eigenvalue weighted by atomic mass is 9.95. The molecule has 0 amide bonds. The monoisotopic (exact) mass is 513 g/mol. The molecule has 0 aliphatic carbocycles. The number of anilines is 1. The predicted molar refractivity (Wildman–Crippen MR) is 135 cm³/mol. The molecule has 3 aromatic rings. The summed E-state index contributed by atoms with van der Waals surface area (Å²) in [5, 5.41) is 9.39. The van der Waals surface area contributed by atoms with Gasteiger partial charge in [0, 0.05) is 44.3 Å². The van der Waals surface area contributed by atoms with Gasteiger partial charge in [0.25, 0.3) is 5.56 Å². The minimum absolute atomic E-state index is 0.0122. The number of aromatic nitrogens is 2. The van der Waals surface area contributed by atoms with Gasteiger partial charge < -0.3 is 14.2 Å². The van der Waals surface area contributed by atoms with Gasteiger partial charge >= 0.3 is 6.36 Å². The maximum absolute atomic E-state index is 12.8. The van der Waals surface area contributed by atoms with Crippen molar-refractivity contribution in [3.05, 3.63) is 64.1 Å². The lowest BCUT2D eigenvalue weighted by molar-refractivity contribution is -0.274. The number of halogens is 3. The SMILES string of the molecule is CCC(c1ccc(OC(F)(F)F)cc1)N1C[C@H](C)N(c2cc(=O)n(C)c3ccc(C#N)nc23)C[C@@H]1CC. The van der Waals surface area contributed by atoms with E-state index in [-0.39, 0.29) is 35.1 Å². The highest BCUT2D eigenvalue weighted by Crippen LogP contribution is 2.35. The lowest BCUT2D eigenvalue weighted by Gasteiger charge is -2.49. The second-order valence-electron chi connectivity index (χ2n) is 9.40. The molecule has 3 heterocycles. The molecule has 1 aliphatic heterocycles. The van der Waals surface area contributed by atoms with Crippen molar-refractivity contribution in [1.29, 1.82) is 5.26 Å². The van der Waals surface area contributed by atoms with Crippen molar-refractivity contribution < 1.29 is 17.9 Å². The average Bonchev–Trinajstić information content (AvgIpc) is 2.86. The second-order valence-corrected chi connectivity index (χ2v) is 9.40. The Morgan fingerprint density at radius 2 is 1.86 bits per heavy atom. The molecule has 3 atom stereocenters. The van der Waals surface area contributed by atoms with Crippen molar-refractivity contribution in [3.63, 3.8) is 0 Å². The van der Waals surface area contributed by atoms with Crippen molar-refractivity contribution in [1.82, 2.24) is 14.5 Å². The van der Waals surface area contributed by atoms with Crippen LogP contribution in [0.5, 0.6) is 5.75 Å². The van der Waals surface area contributed by atoms with Gasteiger partial charge in [-0.2, -0.15) is 5.26 Å². The number of hydrogen-bond donors (Lipinski definition) is 0. The van der Waals surface area contributed by atoms with Crippen LogP contribution in [0.4, 0.5) is 18.9 Å². The fraction of sp³-hybridized carbons (Fsp3) is 0.444. The first-order valence-electron chi connectivity index (χ1n) is 12.3. The summed E-state index contributed by atoms with van der Waals surface area (Å²) in [4.78, 5) is 21.9. The van der Waals surface area contributed by atoms with Crippen LogP contribution in [0.3, 0.4) is 0 Å². The molecule has 2 aromatic heterocycles. The van der Waals surface area contributed by atoms with Gasteiger partial charge in [0.1, 0.15) is 23.0 Å². The van der Waals surface area contributed by atoms with Gasteiger partial charge in [0.15, 0.2) is 0 Å². The number of benzene rings is 1. The van der Waals surface area contributed by atoms with Gasteiger partial charge in [0.05, 0.1) is 11.2 Å². The standard InChI is InChI=1S/C27H30F3N5O2/c1-5-20-16-34(24-13-25(36)33(4)23-12-9-19(14-31)32-26(23)24)17(3)15-35(20)22(6-2)18-7-10-21(11-8-18)37-27(28,29)30/h7-13,17,20,22H,5-6,15-16H2,1-4H3/t17-,20-,22?/m0/s1. The first-order chi connectivity index (χ1) is 17.6. The van der Waals surface area contributed by atoms with E-state index >= 15 is 0 Å². The van der Waals surface area contributed by atoms with Crippen LogP contribution in [-0.2, 0) is 7.05 Å². The molecule has 0 saturated carbocycles. The van der Waals surface area contributed by atoms with Crippen molar-refractivity contribution in [2.75, 3.05) is 18.0 Å². The van der Waals surface area contributed by atoms with Crippen LogP contribution in [-0.4, -0.2) is 46.0 Å². The Hall–Kier alpha value is -3.58. The normalized spacial score (nSPS) is 19.6. The van der Waals surface area contributed by atoms with Crippen LogP contribution in [0.2, 0.25) is 0 Å². The van der Waals surface area contributed by atoms with Crippen molar-refractivity contribution in [2.45, 2.75) is 58.1 Å². The smallest absolute Gasteiger partial charge is 0.406 e. The summed E-state index contributed by atoms with van der Waals surface area (Å²) >= 11 is 0. The molecule has 7 nitrogen and oxygen atoms in total. The first-order valence-corrected chi connectivity index (χ1v) is 12.3. The zero-order chi connectivity index (χ0) is 26.9. The molecule has 4 rings (SSSR count). The number of piperazine rings is 1. The Labute approximate surface area is 213 Å². The largest absolute Gasteiger partial charge is 0.573 e. The third-order valence-corrected chi connectivity index (χ3v) is 7.13. The van der Waals surface area contributed by atoms with E-state index in [9.17, 15) is 23.2 Å². The molecule has 0 N–H and O–H groups in total. The number of nitrogens with zero attached hydrogens (tertiary/aromatic N) is 5. The average molecular weight is 514 g/mol. The fourth-order valence-electron chi connectivity index (χ4n) is 5.29. The number of nitriles is 1. The second kappa shape index (κ2) is 10.4. The zero-order valence-corrected chi connectivity index (χ0v) is 21.3. The quantitative estimate of drug-likeness (QED) is 0.454. The Kier molecular flexibility index (Phi) is 7.46. The highest BCUT2D eigenvalue weighted by Gasteiger charge is 2.36. The molecular formula is C27H30F3N5O2. The molecule has 10 heteroatoms. The number of ether oxygens (including phenoxy) is 1. The van der Waals surface area contributed by atoms with Gasteiger partial charge in [-0.05, 0) is 49.6 Å². The van der Waals surface area contributed by atoms with E-state index in [0.717, 1.165) is 18.4 Å². The first kappa shape index (κ1) is 26.5. The van der Waals surface area contributed by atoms with E-state index in [1.54, 1.807) is 37.4 Å². The Bertz CT molecular complexity index is 1360. The van der Waals surface area contributed by atoms with E-state index < -0.39 is 6.36 Å². The molecule has 37 heavy (non-hydrogen) atoms. The van der Waals surface area contributed by atoms with Gasteiger partial charge in [-0.3, -0.25) is 9.69 Å². The summed E-state index contributed by atoms with van der Waals surface area (Å²) in [6.07, 6.45) is -3.10. The maximum atomic E-state index is 12.8. The van der Waals surface area contributed by atoms with E-state index in [1.165, 1.54) is 16.7 Å². The number of hydrogen-bond acceptors (Lipinski definition) is 6. The molecule has 1 aliphatic rings. The van der Waals surface area contributed by atoms with E-state index in [1.807, 2.05) is 0 Å². The van der Waals surface area contributed by atoms with Gasteiger partial charge in [-0.1, -0.05) is 26.0 Å².